The van der Waals surface area contributed by atoms with Gasteiger partial charge in [0, 0.05) is 0 Å². The Kier molecular flexibility index (Phi) is 10.9. The Bertz CT molecular complexity index is 120. The first-order valence-corrected chi connectivity index (χ1v) is 4.99. The van der Waals surface area contributed by atoms with Gasteiger partial charge in [0.1, 0.15) is 6.04 Å². The Morgan fingerprint density at radius 3 is 2.08 bits per heavy atom. The maximum atomic E-state index is 11.1. The van der Waals surface area contributed by atoms with Crippen LogP contribution in [0.1, 0.15) is 41.0 Å². The predicted molar refractivity (Wildman–Crippen MR) is 55.7 cm³/mol. The van der Waals surface area contributed by atoms with Gasteiger partial charge in [0.25, 0.3) is 0 Å². The molecular formula is C10H23NO2. The average molecular weight is 189 g/mol. The van der Waals surface area contributed by atoms with Gasteiger partial charge in [0.2, 0.25) is 0 Å². The number of hydrogen-bond acceptors (Lipinski definition) is 3. The zero-order chi connectivity index (χ0) is 10.9. The number of nitrogens with one attached hydrogen (secondary N) is 1. The second-order valence-electron chi connectivity index (χ2n) is 2.74. The fourth-order valence-corrected chi connectivity index (χ4v) is 0.803. The second-order valence-corrected chi connectivity index (χ2v) is 2.74. The Morgan fingerprint density at radius 2 is 1.85 bits per heavy atom. The molecule has 0 amide bonds. The fraction of sp³-hybridized carbons (Fsp3) is 0.900. The Balaban J connectivity index is 0. The average Bonchev–Trinajstić information content (AvgIpc) is 2.08. The summed E-state index contributed by atoms with van der Waals surface area (Å²) in [6.07, 6.45) is 0.743. The van der Waals surface area contributed by atoms with Crippen LogP contribution in [0, 0.1) is 0 Å². The number of carbonyl (C=O) groups excluding carboxylic acids is 1. The molecule has 1 atom stereocenters. The largest absolute Gasteiger partial charge is 0.462 e. The van der Waals surface area contributed by atoms with Crippen molar-refractivity contribution in [3.63, 3.8) is 0 Å². The summed E-state index contributed by atoms with van der Waals surface area (Å²) < 4.78 is 4.99. The molecule has 0 heterocycles. The minimum Gasteiger partial charge on any atom is -0.462 e. The molecule has 0 fully saturated rings. The summed E-state index contributed by atoms with van der Waals surface area (Å²) in [5.74, 6) is -0.162. The van der Waals surface area contributed by atoms with E-state index in [1.54, 1.807) is 7.05 Å². The van der Waals surface area contributed by atoms with Gasteiger partial charge in [-0.25, -0.2) is 0 Å². The molecule has 1 N–H and O–H groups in total. The van der Waals surface area contributed by atoms with Crippen molar-refractivity contribution in [2.75, 3.05) is 7.05 Å². The summed E-state index contributed by atoms with van der Waals surface area (Å²) in [4.78, 5) is 11.1. The first kappa shape index (κ1) is 14.9. The molecule has 0 rings (SSSR count). The van der Waals surface area contributed by atoms with Crippen LogP contribution in [0.25, 0.3) is 0 Å². The number of carbonyl (C=O) groups is 1. The van der Waals surface area contributed by atoms with Gasteiger partial charge in [-0.1, -0.05) is 20.8 Å². The van der Waals surface area contributed by atoms with Gasteiger partial charge in [-0.15, -0.1) is 0 Å². The summed E-state index contributed by atoms with van der Waals surface area (Å²) >= 11 is 0. The van der Waals surface area contributed by atoms with E-state index in [9.17, 15) is 4.79 Å². The number of ether oxygens (including phenoxy) is 1. The van der Waals surface area contributed by atoms with E-state index in [1.165, 1.54) is 0 Å². The topological polar surface area (TPSA) is 38.3 Å². The van der Waals surface area contributed by atoms with E-state index in [-0.39, 0.29) is 18.1 Å². The minimum atomic E-state index is -0.162. The fourth-order valence-electron chi connectivity index (χ4n) is 0.803. The molecular weight excluding hydrogens is 166 g/mol. The van der Waals surface area contributed by atoms with Crippen molar-refractivity contribution in [1.29, 1.82) is 0 Å². The quantitative estimate of drug-likeness (QED) is 0.687. The van der Waals surface area contributed by atoms with E-state index in [2.05, 4.69) is 5.32 Å². The van der Waals surface area contributed by atoms with E-state index in [0.29, 0.717) is 0 Å². The smallest absolute Gasteiger partial charge is 0.323 e. The lowest BCUT2D eigenvalue weighted by Crippen LogP contribution is -2.36. The maximum Gasteiger partial charge on any atom is 0.323 e. The van der Waals surface area contributed by atoms with Crippen molar-refractivity contribution in [3.8, 4) is 0 Å². The highest BCUT2D eigenvalue weighted by Crippen LogP contribution is 1.97. The molecule has 0 saturated carbocycles. The van der Waals surface area contributed by atoms with Gasteiger partial charge in [0.05, 0.1) is 6.10 Å². The zero-order valence-corrected chi connectivity index (χ0v) is 9.68. The molecule has 0 aromatic rings. The van der Waals surface area contributed by atoms with E-state index >= 15 is 0 Å². The summed E-state index contributed by atoms with van der Waals surface area (Å²) in [5, 5.41) is 2.88. The second kappa shape index (κ2) is 9.52. The minimum absolute atomic E-state index is 0.0232. The van der Waals surface area contributed by atoms with Gasteiger partial charge in [-0.2, -0.15) is 0 Å². The van der Waals surface area contributed by atoms with Crippen LogP contribution in [0.2, 0.25) is 0 Å². The number of likely N-dealkylation sites (N-methyl/N-ethyl adjacent to an activating group) is 1. The lowest BCUT2D eigenvalue weighted by atomic mass is 10.2. The molecule has 0 aliphatic heterocycles. The molecule has 0 aliphatic rings. The Labute approximate surface area is 81.9 Å². The van der Waals surface area contributed by atoms with Crippen LogP contribution < -0.4 is 5.32 Å². The lowest BCUT2D eigenvalue weighted by Gasteiger charge is -2.14. The third-order valence-corrected chi connectivity index (χ3v) is 1.39. The van der Waals surface area contributed by atoms with Crippen LogP contribution in [-0.2, 0) is 9.53 Å². The Morgan fingerprint density at radius 1 is 1.38 bits per heavy atom. The number of rotatable bonds is 4. The standard InChI is InChI=1S/C8H17NO2.C2H6/c1-5-7(9-4)8(10)11-6(2)3;1-2/h6-7,9H,5H2,1-4H3;1-2H3. The van der Waals surface area contributed by atoms with Crippen LogP contribution >= 0.6 is 0 Å². The van der Waals surface area contributed by atoms with Gasteiger partial charge in [-0.3, -0.25) is 4.79 Å². The van der Waals surface area contributed by atoms with Crippen molar-refractivity contribution in [3.05, 3.63) is 0 Å². The molecule has 1 unspecified atom stereocenters. The first-order valence-electron chi connectivity index (χ1n) is 4.99. The molecule has 80 valence electrons. The highest BCUT2D eigenvalue weighted by Gasteiger charge is 2.15. The van der Waals surface area contributed by atoms with Crippen molar-refractivity contribution < 1.29 is 9.53 Å². The molecule has 0 aliphatic carbocycles. The number of esters is 1. The molecule has 0 radical (unpaired) electrons. The van der Waals surface area contributed by atoms with Crippen molar-refractivity contribution in [2.24, 2.45) is 0 Å². The van der Waals surface area contributed by atoms with Crippen LogP contribution in [0.15, 0.2) is 0 Å². The molecule has 13 heavy (non-hydrogen) atoms. The molecule has 3 heteroatoms. The summed E-state index contributed by atoms with van der Waals surface area (Å²) in [6, 6.07) is -0.155. The van der Waals surface area contributed by atoms with Crippen LogP contribution in [0.4, 0.5) is 0 Å². The summed E-state index contributed by atoms with van der Waals surface area (Å²) in [7, 11) is 1.76. The van der Waals surface area contributed by atoms with Gasteiger partial charge < -0.3 is 10.1 Å². The van der Waals surface area contributed by atoms with Gasteiger partial charge in [0.15, 0.2) is 0 Å². The molecule has 0 spiro atoms. The normalized spacial score (nSPS) is 11.6. The summed E-state index contributed by atoms with van der Waals surface area (Å²) in [6.45, 7) is 9.64. The SMILES string of the molecule is CC.CCC(NC)C(=O)OC(C)C. The third-order valence-electron chi connectivity index (χ3n) is 1.39. The van der Waals surface area contributed by atoms with E-state index in [4.69, 9.17) is 4.74 Å². The lowest BCUT2D eigenvalue weighted by molar-refractivity contribution is -0.149. The summed E-state index contributed by atoms with van der Waals surface area (Å²) in [5.41, 5.74) is 0. The van der Waals surface area contributed by atoms with Crippen LogP contribution in [-0.4, -0.2) is 25.2 Å². The van der Waals surface area contributed by atoms with Crippen LogP contribution in [0.3, 0.4) is 0 Å². The maximum absolute atomic E-state index is 11.1. The van der Waals surface area contributed by atoms with Gasteiger partial charge >= 0.3 is 5.97 Å². The predicted octanol–water partition coefficient (Wildman–Crippen LogP) is 1.96. The van der Waals surface area contributed by atoms with Crippen molar-refractivity contribution >= 4 is 5.97 Å². The Hall–Kier alpha value is -0.570. The van der Waals surface area contributed by atoms with Crippen molar-refractivity contribution in [1.82, 2.24) is 5.32 Å². The molecule has 3 nitrogen and oxygen atoms in total. The molecule has 0 bridgehead atoms. The number of hydrogen-bond donors (Lipinski definition) is 1. The van der Waals surface area contributed by atoms with Crippen molar-refractivity contribution in [2.45, 2.75) is 53.2 Å². The molecule has 0 aromatic heterocycles. The first-order chi connectivity index (χ1) is 6.11. The van der Waals surface area contributed by atoms with E-state index in [0.717, 1.165) is 6.42 Å². The highest BCUT2D eigenvalue weighted by molar-refractivity contribution is 5.75. The van der Waals surface area contributed by atoms with Gasteiger partial charge in [-0.05, 0) is 27.3 Å². The third kappa shape index (κ3) is 7.78. The molecule has 0 saturated heterocycles. The molecule has 0 aromatic carbocycles. The zero-order valence-electron chi connectivity index (χ0n) is 9.68. The van der Waals surface area contributed by atoms with Crippen LogP contribution in [0.5, 0.6) is 0 Å². The van der Waals surface area contributed by atoms with E-state index in [1.807, 2.05) is 34.6 Å². The highest BCUT2D eigenvalue weighted by atomic mass is 16.5. The van der Waals surface area contributed by atoms with E-state index < -0.39 is 0 Å². The monoisotopic (exact) mass is 189 g/mol.